The van der Waals surface area contributed by atoms with Gasteiger partial charge < -0.3 is 10.2 Å². The van der Waals surface area contributed by atoms with Crippen molar-refractivity contribution in [3.8, 4) is 0 Å². The molecule has 0 unspecified atom stereocenters. The normalized spacial score (nSPS) is 13.5. The summed E-state index contributed by atoms with van der Waals surface area (Å²) in [5.74, 6) is 0.323. The van der Waals surface area contributed by atoms with Gasteiger partial charge in [-0.15, -0.1) is 0 Å². The molecule has 3 aromatic rings. The van der Waals surface area contributed by atoms with Crippen LogP contribution in [0.4, 0.5) is 21.6 Å². The minimum atomic E-state index is -0.293. The fourth-order valence-corrected chi connectivity index (χ4v) is 2.88. The molecule has 1 aromatic heterocycles. The number of benzene rings is 2. The van der Waals surface area contributed by atoms with Crippen molar-refractivity contribution in [2.75, 3.05) is 23.8 Å². The number of nitrogens with one attached hydrogen (secondary N) is 1. The summed E-state index contributed by atoms with van der Waals surface area (Å²) in [5, 5.41) is 3.96. The summed E-state index contributed by atoms with van der Waals surface area (Å²) in [4.78, 5) is 10.7. The van der Waals surface area contributed by atoms with E-state index in [0.717, 1.165) is 24.2 Å². The largest absolute Gasteiger partial charge is 0.374 e. The molecule has 1 N–H and O–H groups in total. The molecule has 0 atom stereocenters. The van der Waals surface area contributed by atoms with Crippen molar-refractivity contribution in [2.45, 2.75) is 6.42 Å². The maximum Gasteiger partial charge on any atom is 0.141 e. The Balaban J connectivity index is 1.75. The smallest absolute Gasteiger partial charge is 0.141 e. The second-order valence-corrected chi connectivity index (χ2v) is 5.52. The zero-order valence-corrected chi connectivity index (χ0v) is 12.2. The average molecular weight is 294 g/mol. The van der Waals surface area contributed by atoms with Gasteiger partial charge in [-0.25, -0.2) is 14.4 Å². The van der Waals surface area contributed by atoms with E-state index in [9.17, 15) is 4.39 Å². The summed E-state index contributed by atoms with van der Waals surface area (Å²) in [6.45, 7) is 1.04. The summed E-state index contributed by atoms with van der Waals surface area (Å²) in [7, 11) is 2.09. The Kier molecular flexibility index (Phi) is 2.92. The Morgan fingerprint density at radius 1 is 1.14 bits per heavy atom. The number of halogens is 1. The van der Waals surface area contributed by atoms with Crippen LogP contribution in [0.5, 0.6) is 0 Å². The van der Waals surface area contributed by atoms with Crippen LogP contribution in [-0.2, 0) is 6.42 Å². The van der Waals surface area contributed by atoms with Gasteiger partial charge in [0.15, 0.2) is 0 Å². The molecule has 110 valence electrons. The van der Waals surface area contributed by atoms with Crippen molar-refractivity contribution >= 4 is 28.1 Å². The lowest BCUT2D eigenvalue weighted by Gasteiger charge is -2.14. The van der Waals surface area contributed by atoms with Crippen molar-refractivity contribution in [3.05, 3.63) is 54.1 Å². The lowest BCUT2D eigenvalue weighted by atomic mass is 10.1. The third-order valence-electron chi connectivity index (χ3n) is 4.07. The summed E-state index contributed by atoms with van der Waals surface area (Å²) in [6, 6.07) is 10.8. The van der Waals surface area contributed by atoms with Gasteiger partial charge in [0.2, 0.25) is 0 Å². The molecule has 0 spiro atoms. The first-order valence-electron chi connectivity index (χ1n) is 7.22. The van der Waals surface area contributed by atoms with E-state index in [4.69, 9.17) is 0 Å². The van der Waals surface area contributed by atoms with Gasteiger partial charge in [-0.05, 0) is 42.3 Å². The topological polar surface area (TPSA) is 41.0 Å². The maximum absolute atomic E-state index is 13.5. The quantitative estimate of drug-likeness (QED) is 0.785. The van der Waals surface area contributed by atoms with Crippen molar-refractivity contribution < 1.29 is 4.39 Å². The first-order chi connectivity index (χ1) is 10.7. The molecular formula is C17H15FN4. The molecule has 0 saturated heterocycles. The van der Waals surface area contributed by atoms with E-state index in [1.165, 1.54) is 29.7 Å². The van der Waals surface area contributed by atoms with Crippen LogP contribution in [0.15, 0.2) is 42.7 Å². The highest BCUT2D eigenvalue weighted by atomic mass is 19.1. The number of hydrogen-bond acceptors (Lipinski definition) is 4. The van der Waals surface area contributed by atoms with Crippen molar-refractivity contribution in [3.63, 3.8) is 0 Å². The van der Waals surface area contributed by atoms with E-state index < -0.39 is 0 Å². The molecular weight excluding hydrogens is 279 g/mol. The van der Waals surface area contributed by atoms with E-state index in [1.54, 1.807) is 6.07 Å². The lowest BCUT2D eigenvalue weighted by molar-refractivity contribution is 0.629. The molecule has 0 bridgehead atoms. The SMILES string of the molecule is CN1CCc2ccc(Nc3ncnc4ccc(F)cc34)cc21. The van der Waals surface area contributed by atoms with Gasteiger partial charge in [-0.1, -0.05) is 6.07 Å². The molecule has 1 aliphatic rings. The minimum absolute atomic E-state index is 0.293. The van der Waals surface area contributed by atoms with Gasteiger partial charge in [0.25, 0.3) is 0 Å². The van der Waals surface area contributed by atoms with Crippen LogP contribution < -0.4 is 10.2 Å². The van der Waals surface area contributed by atoms with Gasteiger partial charge in [0.1, 0.15) is 18.0 Å². The van der Waals surface area contributed by atoms with Gasteiger partial charge in [-0.3, -0.25) is 0 Å². The zero-order valence-electron chi connectivity index (χ0n) is 12.2. The van der Waals surface area contributed by atoms with Crippen LogP contribution in [0, 0.1) is 5.82 Å². The van der Waals surface area contributed by atoms with E-state index in [-0.39, 0.29) is 5.82 Å². The van der Waals surface area contributed by atoms with Crippen LogP contribution in [0.3, 0.4) is 0 Å². The Labute approximate surface area is 127 Å². The number of fused-ring (bicyclic) bond motifs is 2. The Bertz CT molecular complexity index is 862. The monoisotopic (exact) mass is 294 g/mol. The number of likely N-dealkylation sites (N-methyl/N-ethyl adjacent to an activating group) is 1. The number of hydrogen-bond donors (Lipinski definition) is 1. The molecule has 1 aliphatic heterocycles. The summed E-state index contributed by atoms with van der Waals surface area (Å²) < 4.78 is 13.5. The molecule has 0 saturated carbocycles. The number of nitrogens with zero attached hydrogens (tertiary/aromatic N) is 3. The standard InChI is InChI=1S/C17H15FN4/c1-22-7-6-11-2-4-13(9-16(11)22)21-17-14-8-12(18)3-5-15(14)19-10-20-17/h2-5,8-10H,6-7H2,1H3,(H,19,20,21). The van der Waals surface area contributed by atoms with Crippen molar-refractivity contribution in [1.82, 2.24) is 9.97 Å². The van der Waals surface area contributed by atoms with Gasteiger partial charge in [0.05, 0.1) is 5.52 Å². The number of rotatable bonds is 2. The second-order valence-electron chi connectivity index (χ2n) is 5.52. The Hall–Kier alpha value is -2.69. The molecule has 4 nitrogen and oxygen atoms in total. The zero-order chi connectivity index (χ0) is 15.1. The highest BCUT2D eigenvalue weighted by Gasteiger charge is 2.16. The van der Waals surface area contributed by atoms with E-state index in [2.05, 4.69) is 39.4 Å². The average Bonchev–Trinajstić information content (AvgIpc) is 2.89. The fourth-order valence-electron chi connectivity index (χ4n) is 2.88. The predicted octanol–water partition coefficient (Wildman–Crippen LogP) is 3.50. The molecule has 2 heterocycles. The van der Waals surface area contributed by atoms with Gasteiger partial charge in [0, 0.05) is 30.4 Å². The van der Waals surface area contributed by atoms with E-state index >= 15 is 0 Å². The molecule has 0 radical (unpaired) electrons. The highest BCUT2D eigenvalue weighted by Crippen LogP contribution is 2.31. The molecule has 0 aliphatic carbocycles. The minimum Gasteiger partial charge on any atom is -0.374 e. The first kappa shape index (κ1) is 13.0. The van der Waals surface area contributed by atoms with Gasteiger partial charge >= 0.3 is 0 Å². The molecule has 22 heavy (non-hydrogen) atoms. The highest BCUT2D eigenvalue weighted by molar-refractivity contribution is 5.90. The number of anilines is 3. The molecule has 0 amide bonds. The van der Waals surface area contributed by atoms with Crippen molar-refractivity contribution in [1.29, 1.82) is 0 Å². The fraction of sp³-hybridized carbons (Fsp3) is 0.176. The predicted molar refractivity (Wildman–Crippen MR) is 86.2 cm³/mol. The summed E-state index contributed by atoms with van der Waals surface area (Å²) in [5.41, 5.74) is 4.25. The van der Waals surface area contributed by atoms with Crippen LogP contribution in [0.2, 0.25) is 0 Å². The van der Waals surface area contributed by atoms with Crippen LogP contribution in [-0.4, -0.2) is 23.6 Å². The molecule has 5 heteroatoms. The van der Waals surface area contributed by atoms with Gasteiger partial charge in [-0.2, -0.15) is 0 Å². The molecule has 0 fully saturated rings. The Morgan fingerprint density at radius 2 is 2.05 bits per heavy atom. The van der Waals surface area contributed by atoms with E-state index in [0.29, 0.717) is 11.2 Å². The summed E-state index contributed by atoms with van der Waals surface area (Å²) in [6.07, 6.45) is 2.57. The third-order valence-corrected chi connectivity index (χ3v) is 4.07. The second kappa shape index (κ2) is 4.94. The molecule has 4 rings (SSSR count). The van der Waals surface area contributed by atoms with Crippen LogP contribution in [0.1, 0.15) is 5.56 Å². The molecule has 2 aromatic carbocycles. The maximum atomic E-state index is 13.5. The van der Waals surface area contributed by atoms with Crippen LogP contribution >= 0.6 is 0 Å². The lowest BCUT2D eigenvalue weighted by Crippen LogP contribution is -2.12. The Morgan fingerprint density at radius 3 is 2.95 bits per heavy atom. The van der Waals surface area contributed by atoms with Crippen molar-refractivity contribution in [2.24, 2.45) is 0 Å². The van der Waals surface area contributed by atoms with Crippen LogP contribution in [0.25, 0.3) is 10.9 Å². The summed E-state index contributed by atoms with van der Waals surface area (Å²) >= 11 is 0. The first-order valence-corrected chi connectivity index (χ1v) is 7.22. The number of aromatic nitrogens is 2. The van der Waals surface area contributed by atoms with E-state index in [1.807, 2.05) is 6.07 Å². The third kappa shape index (κ3) is 2.15.